The van der Waals surface area contributed by atoms with Crippen LogP contribution >= 0.6 is 0 Å². The van der Waals surface area contributed by atoms with Crippen molar-refractivity contribution in [3.63, 3.8) is 0 Å². The van der Waals surface area contributed by atoms with Crippen molar-refractivity contribution in [2.24, 2.45) is 5.73 Å². The Morgan fingerprint density at radius 1 is 1.35 bits per heavy atom. The molecule has 12 heteroatoms. The van der Waals surface area contributed by atoms with Gasteiger partial charge in [0.2, 0.25) is 17.7 Å². The first-order valence-electron chi connectivity index (χ1n) is 9.34. The third-order valence-corrected chi connectivity index (χ3v) is 4.07. The van der Waals surface area contributed by atoms with Crippen LogP contribution in [0.5, 0.6) is 5.88 Å². The van der Waals surface area contributed by atoms with E-state index in [9.17, 15) is 23.2 Å². The Bertz CT molecular complexity index is 960. The van der Waals surface area contributed by atoms with Crippen molar-refractivity contribution in [2.45, 2.75) is 32.0 Å². The Morgan fingerprint density at radius 3 is 2.71 bits per heavy atom. The number of rotatable bonds is 9. The average Bonchev–Trinajstić information content (AvgIpc) is 2.70. The summed E-state index contributed by atoms with van der Waals surface area (Å²) in [6.45, 7) is 2.19. The summed E-state index contributed by atoms with van der Waals surface area (Å²) >= 11 is 0. The zero-order valence-electron chi connectivity index (χ0n) is 16.7. The van der Waals surface area contributed by atoms with Gasteiger partial charge in [-0.05, 0) is 44.5 Å². The van der Waals surface area contributed by atoms with Crippen LogP contribution in [0.1, 0.15) is 30.9 Å². The third kappa shape index (κ3) is 6.45. The van der Waals surface area contributed by atoms with E-state index in [1.165, 1.54) is 12.1 Å². The number of amides is 1. The largest absolute Gasteiger partial charge is 0.477 e. The number of halogens is 3. The average molecular weight is 437 g/mol. The second-order valence-electron chi connectivity index (χ2n) is 6.35. The summed E-state index contributed by atoms with van der Waals surface area (Å²) in [4.78, 5) is 20.6. The van der Waals surface area contributed by atoms with Gasteiger partial charge in [0, 0.05) is 5.69 Å². The van der Waals surface area contributed by atoms with Gasteiger partial charge in [-0.15, -0.1) is 0 Å². The highest BCUT2D eigenvalue weighted by atomic mass is 19.4. The maximum atomic E-state index is 12.9. The van der Waals surface area contributed by atoms with E-state index in [2.05, 4.69) is 20.6 Å². The number of anilines is 3. The van der Waals surface area contributed by atoms with Gasteiger partial charge in [0.15, 0.2) is 11.4 Å². The van der Waals surface area contributed by atoms with Crippen LogP contribution in [0.25, 0.3) is 0 Å². The van der Waals surface area contributed by atoms with E-state index in [4.69, 9.17) is 16.2 Å². The summed E-state index contributed by atoms with van der Waals surface area (Å²) in [6, 6.07) is 5.19. The first-order valence-corrected chi connectivity index (χ1v) is 9.34. The third-order valence-electron chi connectivity index (χ3n) is 4.07. The number of hydrogen-bond donors (Lipinski definition) is 4. The fourth-order valence-electron chi connectivity index (χ4n) is 2.66. The highest BCUT2D eigenvalue weighted by Crippen LogP contribution is 2.31. The molecule has 1 unspecified atom stereocenters. The lowest BCUT2D eigenvalue weighted by atomic mass is 10.1. The number of carbonyl (C=O) groups is 1. The van der Waals surface area contributed by atoms with Gasteiger partial charge in [-0.3, -0.25) is 4.79 Å². The quantitative estimate of drug-likeness (QED) is 0.467. The summed E-state index contributed by atoms with van der Waals surface area (Å²) in [5.74, 6) is -0.886. The predicted molar refractivity (Wildman–Crippen MR) is 108 cm³/mol. The molecule has 1 amide bonds. The van der Waals surface area contributed by atoms with Crippen LogP contribution in [-0.2, 0) is 11.0 Å². The van der Waals surface area contributed by atoms with E-state index in [0.29, 0.717) is 6.42 Å². The summed E-state index contributed by atoms with van der Waals surface area (Å²) in [7, 11) is 0. The Morgan fingerprint density at radius 2 is 2.10 bits per heavy atom. The van der Waals surface area contributed by atoms with Crippen LogP contribution in [0.15, 0.2) is 24.3 Å². The lowest BCUT2D eigenvalue weighted by molar-refractivity contribution is -0.137. The molecule has 0 bridgehead atoms. The molecule has 31 heavy (non-hydrogen) atoms. The molecule has 0 aliphatic rings. The van der Waals surface area contributed by atoms with Gasteiger partial charge in [-0.25, -0.2) is 0 Å². The topological polar surface area (TPSA) is 152 Å². The van der Waals surface area contributed by atoms with Crippen LogP contribution in [-0.4, -0.2) is 35.1 Å². The highest BCUT2D eigenvalue weighted by Gasteiger charge is 2.31. The fraction of sp³-hybridized carbons (Fsp3) is 0.368. The lowest BCUT2D eigenvalue weighted by Gasteiger charge is -2.20. The number of nitrogens with two attached hydrogens (primary N) is 2. The highest BCUT2D eigenvalue weighted by molar-refractivity contribution is 5.96. The van der Waals surface area contributed by atoms with Crippen molar-refractivity contribution >= 4 is 23.4 Å². The fourth-order valence-corrected chi connectivity index (χ4v) is 2.66. The molecule has 6 N–H and O–H groups in total. The van der Waals surface area contributed by atoms with Gasteiger partial charge in [0.05, 0.1) is 12.2 Å². The summed E-state index contributed by atoms with van der Waals surface area (Å²) < 4.78 is 44.1. The molecule has 0 saturated carbocycles. The van der Waals surface area contributed by atoms with Crippen LogP contribution in [0.4, 0.5) is 30.6 Å². The molecule has 1 atom stereocenters. The second kappa shape index (κ2) is 10.4. The molecule has 2 aromatic rings. The zero-order chi connectivity index (χ0) is 23.0. The number of nitrogen functional groups attached to an aromatic ring is 1. The minimum absolute atomic E-state index is 0.0281. The maximum Gasteiger partial charge on any atom is 0.416 e. The summed E-state index contributed by atoms with van der Waals surface area (Å²) in [5, 5.41) is 14.7. The monoisotopic (exact) mass is 437 g/mol. The first-order chi connectivity index (χ1) is 14.7. The minimum atomic E-state index is -4.55. The number of aromatic nitrogens is 2. The van der Waals surface area contributed by atoms with E-state index in [1.54, 1.807) is 6.92 Å². The van der Waals surface area contributed by atoms with Crippen molar-refractivity contribution in [1.29, 1.82) is 5.26 Å². The molecule has 0 aliphatic heterocycles. The molecule has 0 radical (unpaired) electrons. The Labute approximate surface area is 176 Å². The zero-order valence-corrected chi connectivity index (χ0v) is 16.7. The number of nitrogens with one attached hydrogen (secondary N) is 2. The molecule has 2 rings (SSSR count). The number of nitriles is 1. The SMILES string of the molecule is CCOc1nc(N)nc(NC(CCCN)C(=O)Nc2cccc(C(F)(F)F)c2)c1C#N. The lowest BCUT2D eigenvalue weighted by Crippen LogP contribution is -2.36. The smallest absolute Gasteiger partial charge is 0.416 e. The number of ether oxygens (including phenoxy) is 1. The van der Waals surface area contributed by atoms with Gasteiger partial charge in [0.1, 0.15) is 12.1 Å². The summed E-state index contributed by atoms with van der Waals surface area (Å²) in [5.41, 5.74) is 10.2. The normalized spacial score (nSPS) is 12.0. The maximum absolute atomic E-state index is 12.9. The summed E-state index contributed by atoms with van der Waals surface area (Å²) in [6.07, 6.45) is -3.90. The van der Waals surface area contributed by atoms with E-state index in [-0.39, 0.29) is 48.5 Å². The molecule has 0 aliphatic carbocycles. The van der Waals surface area contributed by atoms with E-state index >= 15 is 0 Å². The molecule has 1 heterocycles. The molecule has 9 nitrogen and oxygen atoms in total. The van der Waals surface area contributed by atoms with Crippen LogP contribution < -0.4 is 26.8 Å². The molecule has 166 valence electrons. The van der Waals surface area contributed by atoms with Crippen molar-refractivity contribution in [2.75, 3.05) is 29.5 Å². The molecule has 0 spiro atoms. The number of hydrogen-bond acceptors (Lipinski definition) is 8. The van der Waals surface area contributed by atoms with Gasteiger partial charge < -0.3 is 26.8 Å². The minimum Gasteiger partial charge on any atom is -0.477 e. The molecular formula is C19H22F3N7O2. The van der Waals surface area contributed by atoms with Crippen molar-refractivity contribution in [1.82, 2.24) is 9.97 Å². The van der Waals surface area contributed by atoms with Gasteiger partial charge >= 0.3 is 6.18 Å². The number of nitrogens with zero attached hydrogens (tertiary/aromatic N) is 3. The van der Waals surface area contributed by atoms with Crippen LogP contribution in [0.3, 0.4) is 0 Å². The molecule has 1 aromatic heterocycles. The Hall–Kier alpha value is -3.59. The molecule has 0 saturated heterocycles. The van der Waals surface area contributed by atoms with Gasteiger partial charge in [-0.2, -0.15) is 28.4 Å². The van der Waals surface area contributed by atoms with E-state index in [1.807, 2.05) is 6.07 Å². The Kier molecular flexibility index (Phi) is 7.98. The van der Waals surface area contributed by atoms with Crippen molar-refractivity contribution in [3.8, 4) is 11.9 Å². The van der Waals surface area contributed by atoms with Gasteiger partial charge in [-0.1, -0.05) is 6.07 Å². The van der Waals surface area contributed by atoms with Crippen molar-refractivity contribution in [3.05, 3.63) is 35.4 Å². The molecular weight excluding hydrogens is 415 g/mol. The second-order valence-corrected chi connectivity index (χ2v) is 6.35. The Balaban J connectivity index is 2.30. The van der Waals surface area contributed by atoms with Crippen LogP contribution in [0.2, 0.25) is 0 Å². The van der Waals surface area contributed by atoms with E-state index in [0.717, 1.165) is 12.1 Å². The standard InChI is InChI=1S/C19H22F3N7O2/c1-2-31-17-13(10-24)15(28-18(25)29-17)27-14(7-4-8-23)16(30)26-12-6-3-5-11(9-12)19(20,21)22/h3,5-6,9,14H,2,4,7-8,23H2,1H3,(H,26,30)(H3,25,27,28,29). The predicted octanol–water partition coefficient (Wildman–Crippen LogP) is 2.51. The van der Waals surface area contributed by atoms with Gasteiger partial charge in [0.25, 0.3) is 0 Å². The van der Waals surface area contributed by atoms with Crippen molar-refractivity contribution < 1.29 is 22.7 Å². The van der Waals surface area contributed by atoms with Crippen LogP contribution in [0, 0.1) is 11.3 Å². The number of carbonyl (C=O) groups excluding carboxylic acids is 1. The first kappa shape index (κ1) is 23.7. The number of benzene rings is 1. The van der Waals surface area contributed by atoms with E-state index < -0.39 is 23.7 Å². The molecule has 0 fully saturated rings. The number of alkyl halides is 3. The molecule has 1 aromatic carbocycles.